The normalized spacial score (nSPS) is 14.7. The highest BCUT2D eigenvalue weighted by atomic mass is 16.5. The van der Waals surface area contributed by atoms with Crippen LogP contribution in [-0.2, 0) is 4.79 Å². The van der Waals surface area contributed by atoms with Crippen molar-refractivity contribution in [2.45, 2.75) is 12.8 Å². The number of methoxy groups -OCH3 is 3. The maximum absolute atomic E-state index is 11.1. The van der Waals surface area contributed by atoms with Crippen LogP contribution in [0.5, 0.6) is 17.2 Å². The van der Waals surface area contributed by atoms with Gasteiger partial charge in [-0.05, 0) is 25.0 Å². The highest BCUT2D eigenvalue weighted by Gasteiger charge is 2.25. The summed E-state index contributed by atoms with van der Waals surface area (Å²) in [5.41, 5.74) is 1.46. The molecule has 1 aromatic heterocycles. The summed E-state index contributed by atoms with van der Waals surface area (Å²) in [6.45, 7) is 1.29. The molecule has 8 heteroatoms. The Hall–Kier alpha value is -3.03. The third-order valence-electron chi connectivity index (χ3n) is 4.75. The van der Waals surface area contributed by atoms with Crippen molar-refractivity contribution in [3.05, 3.63) is 24.5 Å². The number of carboxylic acid groups (broad SMARTS) is 1. The van der Waals surface area contributed by atoms with E-state index in [4.69, 9.17) is 24.3 Å². The molecule has 0 radical (unpaired) electrons. The van der Waals surface area contributed by atoms with E-state index in [-0.39, 0.29) is 5.92 Å². The lowest BCUT2D eigenvalue weighted by atomic mass is 9.97. The van der Waals surface area contributed by atoms with E-state index in [2.05, 4.69) is 9.88 Å². The van der Waals surface area contributed by atoms with Crippen molar-refractivity contribution in [3.63, 3.8) is 0 Å². The van der Waals surface area contributed by atoms with E-state index in [9.17, 15) is 4.79 Å². The first kappa shape index (κ1) is 18.8. The van der Waals surface area contributed by atoms with E-state index in [1.165, 1.54) is 0 Å². The van der Waals surface area contributed by atoms with Gasteiger partial charge in [-0.25, -0.2) is 4.98 Å². The average Bonchev–Trinajstić information content (AvgIpc) is 2.72. The zero-order chi connectivity index (χ0) is 19.4. The quantitative estimate of drug-likeness (QED) is 0.825. The van der Waals surface area contributed by atoms with E-state index in [1.54, 1.807) is 33.7 Å². The van der Waals surface area contributed by atoms with Gasteiger partial charge in [0.25, 0.3) is 0 Å². The first-order valence-corrected chi connectivity index (χ1v) is 8.67. The number of hydrogen-bond donors (Lipinski definition) is 1. The minimum absolute atomic E-state index is 0.285. The lowest BCUT2D eigenvalue weighted by Gasteiger charge is -2.30. The Morgan fingerprint density at radius 3 is 2.22 bits per heavy atom. The first-order chi connectivity index (χ1) is 13.1. The van der Waals surface area contributed by atoms with Gasteiger partial charge in [-0.15, -0.1) is 0 Å². The number of carboxylic acids is 1. The van der Waals surface area contributed by atoms with E-state index in [0.29, 0.717) is 48.9 Å². The molecular formula is C19H23N3O5. The van der Waals surface area contributed by atoms with Crippen LogP contribution in [0.3, 0.4) is 0 Å². The Morgan fingerprint density at radius 1 is 1.07 bits per heavy atom. The van der Waals surface area contributed by atoms with Crippen molar-refractivity contribution >= 4 is 11.8 Å². The lowest BCUT2D eigenvalue weighted by Crippen LogP contribution is -2.36. The second kappa shape index (κ2) is 8.11. The molecule has 0 amide bonds. The molecule has 27 heavy (non-hydrogen) atoms. The van der Waals surface area contributed by atoms with E-state index in [0.717, 1.165) is 11.4 Å². The van der Waals surface area contributed by atoms with Crippen LogP contribution in [0.2, 0.25) is 0 Å². The number of benzene rings is 1. The maximum atomic E-state index is 11.1. The summed E-state index contributed by atoms with van der Waals surface area (Å²) < 4.78 is 16.2. The fourth-order valence-corrected chi connectivity index (χ4v) is 3.23. The van der Waals surface area contributed by atoms with Crippen LogP contribution in [0.15, 0.2) is 24.5 Å². The molecule has 3 rings (SSSR count). The van der Waals surface area contributed by atoms with E-state index in [1.807, 2.05) is 12.1 Å². The van der Waals surface area contributed by atoms with E-state index >= 15 is 0 Å². The molecule has 8 nitrogen and oxygen atoms in total. The molecule has 0 aliphatic carbocycles. The van der Waals surface area contributed by atoms with Gasteiger partial charge in [-0.2, -0.15) is 0 Å². The summed E-state index contributed by atoms with van der Waals surface area (Å²) in [5.74, 6) is 1.32. The number of ether oxygens (including phenoxy) is 3. The number of aliphatic carboxylic acids is 1. The summed E-state index contributed by atoms with van der Waals surface area (Å²) in [5, 5.41) is 9.15. The molecule has 2 heterocycles. The van der Waals surface area contributed by atoms with Crippen molar-refractivity contribution in [1.29, 1.82) is 0 Å². The van der Waals surface area contributed by atoms with Crippen molar-refractivity contribution in [2.75, 3.05) is 39.3 Å². The fraction of sp³-hybridized carbons (Fsp3) is 0.421. The van der Waals surface area contributed by atoms with Crippen LogP contribution >= 0.6 is 0 Å². The molecule has 0 spiro atoms. The minimum Gasteiger partial charge on any atom is -0.493 e. The van der Waals surface area contributed by atoms with Gasteiger partial charge in [0.05, 0.1) is 45.3 Å². The largest absolute Gasteiger partial charge is 0.493 e. The molecule has 0 atom stereocenters. The first-order valence-electron chi connectivity index (χ1n) is 8.67. The van der Waals surface area contributed by atoms with Gasteiger partial charge in [-0.1, -0.05) is 0 Å². The number of rotatable bonds is 6. The summed E-state index contributed by atoms with van der Waals surface area (Å²) in [7, 11) is 4.69. The van der Waals surface area contributed by atoms with Crippen molar-refractivity contribution in [3.8, 4) is 28.5 Å². The molecule has 0 bridgehead atoms. The Balaban J connectivity index is 1.89. The second-order valence-electron chi connectivity index (χ2n) is 6.28. The molecule has 1 N–H and O–H groups in total. The zero-order valence-corrected chi connectivity index (χ0v) is 15.6. The van der Waals surface area contributed by atoms with Gasteiger partial charge in [-0.3, -0.25) is 9.78 Å². The number of piperidine rings is 1. The molecule has 144 valence electrons. The minimum atomic E-state index is -0.730. The third-order valence-corrected chi connectivity index (χ3v) is 4.75. The topological polar surface area (TPSA) is 94.0 Å². The molecule has 0 unspecified atom stereocenters. The Labute approximate surface area is 157 Å². The lowest BCUT2D eigenvalue weighted by molar-refractivity contribution is -0.142. The van der Waals surface area contributed by atoms with Crippen molar-refractivity contribution in [1.82, 2.24) is 9.97 Å². The average molecular weight is 373 g/mol. The Bertz CT molecular complexity index is 794. The molecule has 1 saturated heterocycles. The van der Waals surface area contributed by atoms with Gasteiger partial charge in [0.2, 0.25) is 5.75 Å². The van der Waals surface area contributed by atoms with Crippen LogP contribution in [0, 0.1) is 5.92 Å². The Morgan fingerprint density at radius 2 is 1.70 bits per heavy atom. The van der Waals surface area contributed by atoms with Crippen molar-refractivity contribution in [2.24, 2.45) is 5.92 Å². The third kappa shape index (κ3) is 3.89. The van der Waals surface area contributed by atoms with Crippen LogP contribution < -0.4 is 19.1 Å². The number of aromatic nitrogens is 2. The van der Waals surface area contributed by atoms with Crippen LogP contribution in [-0.4, -0.2) is 55.5 Å². The summed E-state index contributed by atoms with van der Waals surface area (Å²) >= 11 is 0. The molecule has 0 saturated carbocycles. The van der Waals surface area contributed by atoms with Crippen LogP contribution in [0.1, 0.15) is 12.8 Å². The molecule has 1 fully saturated rings. The monoisotopic (exact) mass is 373 g/mol. The predicted octanol–water partition coefficient (Wildman–Crippen LogP) is 2.47. The Kier molecular flexibility index (Phi) is 5.63. The summed E-state index contributed by atoms with van der Waals surface area (Å²) in [4.78, 5) is 22.2. The SMILES string of the molecule is COc1cc(-c2cncc(N3CCC(C(=O)O)CC3)n2)cc(OC)c1OC. The van der Waals surface area contributed by atoms with Gasteiger partial charge >= 0.3 is 5.97 Å². The van der Waals surface area contributed by atoms with Gasteiger partial charge in [0.15, 0.2) is 11.5 Å². The molecule has 2 aromatic rings. The predicted molar refractivity (Wildman–Crippen MR) is 99.7 cm³/mol. The summed E-state index contributed by atoms with van der Waals surface area (Å²) in [6.07, 6.45) is 4.58. The van der Waals surface area contributed by atoms with Crippen molar-refractivity contribution < 1.29 is 24.1 Å². The van der Waals surface area contributed by atoms with Gasteiger partial charge in [0.1, 0.15) is 5.82 Å². The number of anilines is 1. The number of carbonyl (C=O) groups is 1. The summed E-state index contributed by atoms with van der Waals surface area (Å²) in [6, 6.07) is 3.65. The standard InChI is InChI=1S/C19H23N3O5/c1-25-15-8-13(9-16(26-2)18(15)27-3)14-10-20-11-17(21-14)22-6-4-12(5-7-22)19(23)24/h8-12H,4-7H2,1-3H3,(H,23,24). The molecular weight excluding hydrogens is 350 g/mol. The fourth-order valence-electron chi connectivity index (χ4n) is 3.23. The van der Waals surface area contributed by atoms with Gasteiger partial charge < -0.3 is 24.2 Å². The van der Waals surface area contributed by atoms with E-state index < -0.39 is 5.97 Å². The molecule has 1 aliphatic heterocycles. The van der Waals surface area contributed by atoms with Crippen LogP contribution in [0.4, 0.5) is 5.82 Å². The molecule has 1 aromatic carbocycles. The number of nitrogens with zero attached hydrogens (tertiary/aromatic N) is 3. The highest BCUT2D eigenvalue weighted by molar-refractivity contribution is 5.71. The highest BCUT2D eigenvalue weighted by Crippen LogP contribution is 2.41. The second-order valence-corrected chi connectivity index (χ2v) is 6.28. The van der Waals surface area contributed by atoms with Gasteiger partial charge in [0, 0.05) is 18.7 Å². The zero-order valence-electron chi connectivity index (χ0n) is 15.6. The molecule has 1 aliphatic rings. The van der Waals surface area contributed by atoms with Crippen LogP contribution in [0.25, 0.3) is 11.3 Å². The maximum Gasteiger partial charge on any atom is 0.306 e. The number of hydrogen-bond acceptors (Lipinski definition) is 7. The smallest absolute Gasteiger partial charge is 0.306 e.